The Morgan fingerprint density at radius 3 is 2.85 bits per heavy atom. The average molecular weight is 301 g/mol. The first-order chi connectivity index (χ1) is 9.81. The summed E-state index contributed by atoms with van der Waals surface area (Å²) in [5.41, 5.74) is 0. The quantitative estimate of drug-likeness (QED) is 0.702. The van der Waals surface area contributed by atoms with Crippen LogP contribution in [0.3, 0.4) is 0 Å². The van der Waals surface area contributed by atoms with Crippen molar-refractivity contribution in [3.63, 3.8) is 0 Å². The highest BCUT2D eigenvalue weighted by atomic mass is 32.2. The van der Waals surface area contributed by atoms with Gasteiger partial charge in [0.25, 0.3) is 0 Å². The number of amides is 1. The summed E-state index contributed by atoms with van der Waals surface area (Å²) in [6, 6.07) is 0.182. The molecule has 116 valence electrons. The van der Waals surface area contributed by atoms with Gasteiger partial charge >= 0.3 is 0 Å². The highest BCUT2D eigenvalue weighted by molar-refractivity contribution is 7.99. The van der Waals surface area contributed by atoms with E-state index < -0.39 is 0 Å². The van der Waals surface area contributed by atoms with Crippen molar-refractivity contribution in [3.8, 4) is 0 Å². The molecule has 20 heavy (non-hydrogen) atoms. The first kappa shape index (κ1) is 16.1. The Labute approximate surface area is 126 Å². The molecule has 2 atom stereocenters. The first-order valence-electron chi connectivity index (χ1n) is 7.70. The Morgan fingerprint density at radius 2 is 2.10 bits per heavy atom. The minimum Gasteiger partial charge on any atom is -0.379 e. The number of hydrogen-bond donors (Lipinski definition) is 2. The number of hydrogen-bond acceptors (Lipinski definition) is 5. The zero-order chi connectivity index (χ0) is 14.2. The lowest BCUT2D eigenvalue weighted by Crippen LogP contribution is -2.46. The van der Waals surface area contributed by atoms with Crippen molar-refractivity contribution in [2.24, 2.45) is 5.92 Å². The number of nitrogens with zero attached hydrogens (tertiary/aromatic N) is 1. The molecule has 1 amide bonds. The fraction of sp³-hybridized carbons (Fsp3) is 0.929. The molecular weight excluding hydrogens is 274 g/mol. The van der Waals surface area contributed by atoms with Crippen molar-refractivity contribution < 1.29 is 9.53 Å². The maximum absolute atomic E-state index is 12.2. The Kier molecular flexibility index (Phi) is 7.13. The minimum atomic E-state index is -0.0292. The molecule has 2 aliphatic rings. The van der Waals surface area contributed by atoms with Crippen molar-refractivity contribution in [2.45, 2.75) is 19.4 Å². The predicted octanol–water partition coefficient (Wildman–Crippen LogP) is 0.166. The van der Waals surface area contributed by atoms with Gasteiger partial charge in [-0.25, -0.2) is 0 Å². The van der Waals surface area contributed by atoms with Gasteiger partial charge in [-0.05, 0) is 13.0 Å². The van der Waals surface area contributed by atoms with Gasteiger partial charge in [0.15, 0.2) is 0 Å². The molecule has 0 aromatic carbocycles. The van der Waals surface area contributed by atoms with Crippen LogP contribution in [0.2, 0.25) is 0 Å². The second-order valence-corrected chi connectivity index (χ2v) is 6.67. The summed E-state index contributed by atoms with van der Waals surface area (Å²) in [6.07, 6.45) is 1.08. The van der Waals surface area contributed by atoms with Crippen molar-refractivity contribution >= 4 is 17.7 Å². The van der Waals surface area contributed by atoms with E-state index in [-0.39, 0.29) is 17.9 Å². The Hall–Kier alpha value is -0.300. The van der Waals surface area contributed by atoms with Crippen molar-refractivity contribution in [1.29, 1.82) is 0 Å². The third-order valence-electron chi connectivity index (χ3n) is 3.90. The van der Waals surface area contributed by atoms with Crippen LogP contribution in [-0.4, -0.2) is 74.3 Å². The lowest BCUT2D eigenvalue weighted by atomic mass is 10.0. The van der Waals surface area contributed by atoms with Crippen LogP contribution in [0.1, 0.15) is 13.3 Å². The standard InChI is InChI=1S/C14H27N3O2S/c1-2-3-15-13-11-19-10-12(13)14(18)16-4-5-17-6-8-20-9-7-17/h12-13,15H,2-11H2,1H3,(H,16,18). The van der Waals surface area contributed by atoms with Crippen molar-refractivity contribution in [2.75, 3.05) is 57.4 Å². The summed E-state index contributed by atoms with van der Waals surface area (Å²) in [5.74, 6) is 2.54. The molecule has 2 saturated heterocycles. The highest BCUT2D eigenvalue weighted by Crippen LogP contribution is 2.14. The SMILES string of the molecule is CCCNC1COCC1C(=O)NCCN1CCSCC1. The van der Waals surface area contributed by atoms with E-state index in [2.05, 4.69) is 22.5 Å². The predicted molar refractivity (Wildman–Crippen MR) is 83.2 cm³/mol. The van der Waals surface area contributed by atoms with Crippen LogP contribution in [-0.2, 0) is 9.53 Å². The smallest absolute Gasteiger partial charge is 0.227 e. The molecule has 0 spiro atoms. The summed E-state index contributed by atoms with van der Waals surface area (Å²) in [5, 5.41) is 6.47. The normalized spacial score (nSPS) is 27.6. The summed E-state index contributed by atoms with van der Waals surface area (Å²) >= 11 is 2.01. The molecule has 2 heterocycles. The molecule has 5 nitrogen and oxygen atoms in total. The molecule has 0 aromatic rings. The van der Waals surface area contributed by atoms with E-state index in [1.165, 1.54) is 11.5 Å². The fourth-order valence-corrected chi connectivity index (χ4v) is 3.62. The van der Waals surface area contributed by atoms with E-state index in [0.29, 0.717) is 13.2 Å². The molecule has 0 bridgehead atoms. The van der Waals surface area contributed by atoms with Gasteiger partial charge in [0.2, 0.25) is 5.91 Å². The molecule has 2 N–H and O–H groups in total. The number of rotatable bonds is 7. The van der Waals surface area contributed by atoms with E-state index in [1.807, 2.05) is 11.8 Å². The number of nitrogens with one attached hydrogen (secondary N) is 2. The minimum absolute atomic E-state index is 0.0292. The van der Waals surface area contributed by atoms with Crippen LogP contribution in [0.4, 0.5) is 0 Å². The average Bonchev–Trinajstić information content (AvgIpc) is 2.94. The van der Waals surface area contributed by atoms with Gasteiger partial charge in [0, 0.05) is 43.7 Å². The van der Waals surface area contributed by atoms with Gasteiger partial charge in [-0.2, -0.15) is 11.8 Å². The van der Waals surface area contributed by atoms with Crippen LogP contribution in [0, 0.1) is 5.92 Å². The van der Waals surface area contributed by atoms with Gasteiger partial charge < -0.3 is 15.4 Å². The van der Waals surface area contributed by atoms with Crippen molar-refractivity contribution in [1.82, 2.24) is 15.5 Å². The maximum atomic E-state index is 12.2. The van der Waals surface area contributed by atoms with Crippen LogP contribution >= 0.6 is 11.8 Å². The van der Waals surface area contributed by atoms with Crippen LogP contribution in [0.25, 0.3) is 0 Å². The molecule has 2 unspecified atom stereocenters. The molecular formula is C14H27N3O2S. The topological polar surface area (TPSA) is 53.6 Å². The molecule has 0 saturated carbocycles. The molecule has 2 fully saturated rings. The molecule has 0 aliphatic carbocycles. The lowest BCUT2D eigenvalue weighted by molar-refractivity contribution is -0.125. The molecule has 6 heteroatoms. The van der Waals surface area contributed by atoms with E-state index in [0.717, 1.165) is 39.1 Å². The third kappa shape index (κ3) is 4.91. The van der Waals surface area contributed by atoms with Gasteiger partial charge in [-0.15, -0.1) is 0 Å². The number of ether oxygens (including phenoxy) is 1. The van der Waals surface area contributed by atoms with Crippen LogP contribution in [0.15, 0.2) is 0 Å². The summed E-state index contributed by atoms with van der Waals surface area (Å²) in [7, 11) is 0. The Bertz CT molecular complexity index is 298. The van der Waals surface area contributed by atoms with E-state index in [9.17, 15) is 4.79 Å². The summed E-state index contributed by atoms with van der Waals surface area (Å²) in [4.78, 5) is 14.6. The molecule has 2 aliphatic heterocycles. The lowest BCUT2D eigenvalue weighted by Gasteiger charge is -2.26. The van der Waals surface area contributed by atoms with Crippen LogP contribution in [0.5, 0.6) is 0 Å². The Balaban J connectivity index is 1.65. The largest absolute Gasteiger partial charge is 0.379 e. The molecule has 0 radical (unpaired) electrons. The third-order valence-corrected chi connectivity index (χ3v) is 4.85. The molecule has 2 rings (SSSR count). The fourth-order valence-electron chi connectivity index (χ4n) is 2.64. The van der Waals surface area contributed by atoms with Crippen molar-refractivity contribution in [3.05, 3.63) is 0 Å². The summed E-state index contributed by atoms with van der Waals surface area (Å²) in [6.45, 7) is 8.29. The zero-order valence-corrected chi connectivity index (χ0v) is 13.2. The van der Waals surface area contributed by atoms with Gasteiger partial charge in [0.05, 0.1) is 19.1 Å². The van der Waals surface area contributed by atoms with Crippen LogP contribution < -0.4 is 10.6 Å². The number of thioether (sulfide) groups is 1. The van der Waals surface area contributed by atoms with Gasteiger partial charge in [0.1, 0.15) is 0 Å². The number of carbonyl (C=O) groups excluding carboxylic acids is 1. The number of carbonyl (C=O) groups is 1. The second-order valence-electron chi connectivity index (χ2n) is 5.45. The molecule has 0 aromatic heterocycles. The first-order valence-corrected chi connectivity index (χ1v) is 8.85. The highest BCUT2D eigenvalue weighted by Gasteiger charge is 2.33. The van der Waals surface area contributed by atoms with Gasteiger partial charge in [-0.1, -0.05) is 6.92 Å². The zero-order valence-electron chi connectivity index (χ0n) is 12.4. The summed E-state index contributed by atoms with van der Waals surface area (Å²) < 4.78 is 5.45. The van der Waals surface area contributed by atoms with E-state index in [4.69, 9.17) is 4.74 Å². The maximum Gasteiger partial charge on any atom is 0.227 e. The Morgan fingerprint density at radius 1 is 1.30 bits per heavy atom. The second kappa shape index (κ2) is 8.87. The van der Waals surface area contributed by atoms with Gasteiger partial charge in [-0.3, -0.25) is 9.69 Å². The van der Waals surface area contributed by atoms with E-state index >= 15 is 0 Å². The van der Waals surface area contributed by atoms with E-state index in [1.54, 1.807) is 0 Å². The monoisotopic (exact) mass is 301 g/mol.